The monoisotopic (exact) mass is 409 g/mol. The smallest absolute Gasteiger partial charge is 0.416 e. The molecule has 5 nitrogen and oxygen atoms in total. The summed E-state index contributed by atoms with van der Waals surface area (Å²) in [5.41, 5.74) is 0.313. The second-order valence-electron chi connectivity index (χ2n) is 7.01. The molecule has 2 aromatic carbocycles. The molecular weight excluding hydrogens is 385 g/mol. The van der Waals surface area contributed by atoms with Gasteiger partial charge in [0, 0.05) is 18.5 Å². The summed E-state index contributed by atoms with van der Waals surface area (Å²) < 4.78 is 49.4. The number of amides is 1. The van der Waals surface area contributed by atoms with Crippen LogP contribution in [0.5, 0.6) is 11.5 Å². The first-order valence-corrected chi connectivity index (χ1v) is 9.35. The quantitative estimate of drug-likeness (QED) is 0.771. The number of halogens is 3. The molecular formula is C21H24F3N2O3+. The molecule has 1 fully saturated rings. The number of nitrogens with one attached hydrogen (secondary N) is 2. The standard InChI is InChI=1S/C21H23F3N2O3/c1-28-16-8-9-19(29-2)17(12-16)18-7-4-10-26(18)13-20(27)25-15-6-3-5-14(11-15)21(22,23)24/h3,5-6,8-9,11-12,18H,4,7,10,13H2,1-2H3,(H,25,27)/p+1/t18-/m0/s1. The van der Waals surface area contributed by atoms with Crippen LogP contribution in [0.25, 0.3) is 0 Å². The van der Waals surface area contributed by atoms with Crippen LogP contribution in [0.1, 0.15) is 30.0 Å². The number of hydrogen-bond donors (Lipinski definition) is 2. The second kappa shape index (κ2) is 8.73. The molecule has 0 aliphatic carbocycles. The Morgan fingerprint density at radius 3 is 2.66 bits per heavy atom. The summed E-state index contributed by atoms with van der Waals surface area (Å²) in [6, 6.07) is 10.3. The highest BCUT2D eigenvalue weighted by atomic mass is 19.4. The molecule has 1 amide bonds. The lowest BCUT2D eigenvalue weighted by atomic mass is 10.0. The van der Waals surface area contributed by atoms with Crippen LogP contribution >= 0.6 is 0 Å². The molecule has 0 aromatic heterocycles. The van der Waals surface area contributed by atoms with Gasteiger partial charge in [0.15, 0.2) is 6.54 Å². The fourth-order valence-corrected chi connectivity index (χ4v) is 3.80. The molecule has 0 saturated carbocycles. The van der Waals surface area contributed by atoms with Gasteiger partial charge in [-0.15, -0.1) is 0 Å². The average Bonchev–Trinajstić information content (AvgIpc) is 3.14. The van der Waals surface area contributed by atoms with Gasteiger partial charge in [-0.3, -0.25) is 4.79 Å². The molecule has 8 heteroatoms. The van der Waals surface area contributed by atoms with Gasteiger partial charge in [0.05, 0.1) is 31.9 Å². The van der Waals surface area contributed by atoms with Crippen molar-refractivity contribution in [2.24, 2.45) is 0 Å². The number of quaternary nitrogens is 1. The summed E-state index contributed by atoms with van der Waals surface area (Å²) in [6.45, 7) is 0.947. The molecule has 156 valence electrons. The predicted octanol–water partition coefficient (Wildman–Crippen LogP) is 3.08. The average molecular weight is 409 g/mol. The Morgan fingerprint density at radius 1 is 1.17 bits per heavy atom. The maximum absolute atomic E-state index is 12.9. The van der Waals surface area contributed by atoms with E-state index in [0.717, 1.165) is 47.7 Å². The lowest BCUT2D eigenvalue weighted by Crippen LogP contribution is -3.11. The number of carbonyl (C=O) groups excluding carboxylic acids is 1. The number of alkyl halides is 3. The first-order valence-electron chi connectivity index (χ1n) is 9.35. The minimum Gasteiger partial charge on any atom is -0.497 e. The van der Waals surface area contributed by atoms with E-state index in [1.165, 1.54) is 12.1 Å². The molecule has 1 saturated heterocycles. The van der Waals surface area contributed by atoms with Gasteiger partial charge in [-0.2, -0.15) is 13.2 Å². The number of methoxy groups -OCH3 is 2. The van der Waals surface area contributed by atoms with Crippen LogP contribution in [0, 0.1) is 0 Å². The van der Waals surface area contributed by atoms with Crippen LogP contribution in [0.4, 0.5) is 18.9 Å². The first-order chi connectivity index (χ1) is 13.8. The van der Waals surface area contributed by atoms with Crippen LogP contribution < -0.4 is 19.7 Å². The zero-order chi connectivity index (χ0) is 21.0. The summed E-state index contributed by atoms with van der Waals surface area (Å²) in [4.78, 5) is 13.6. The molecule has 2 N–H and O–H groups in total. The maximum Gasteiger partial charge on any atom is 0.416 e. The zero-order valence-electron chi connectivity index (χ0n) is 16.3. The van der Waals surface area contributed by atoms with E-state index >= 15 is 0 Å². The fraction of sp³-hybridized carbons (Fsp3) is 0.381. The van der Waals surface area contributed by atoms with E-state index < -0.39 is 11.7 Å². The van der Waals surface area contributed by atoms with Crippen molar-refractivity contribution in [1.82, 2.24) is 0 Å². The van der Waals surface area contributed by atoms with E-state index in [1.807, 2.05) is 18.2 Å². The number of likely N-dealkylation sites (tertiary alicyclic amines) is 1. The minimum absolute atomic E-state index is 0.0484. The first kappa shape index (κ1) is 21.0. The van der Waals surface area contributed by atoms with Crippen molar-refractivity contribution >= 4 is 11.6 Å². The highest BCUT2D eigenvalue weighted by molar-refractivity contribution is 5.91. The number of rotatable bonds is 6. The lowest BCUT2D eigenvalue weighted by Gasteiger charge is -2.23. The summed E-state index contributed by atoms with van der Waals surface area (Å²) in [7, 11) is 3.19. The number of ether oxygens (including phenoxy) is 2. The number of carbonyl (C=O) groups is 1. The van der Waals surface area contributed by atoms with Crippen LogP contribution in [0.15, 0.2) is 42.5 Å². The van der Waals surface area contributed by atoms with Crippen LogP contribution in [-0.4, -0.2) is 33.2 Å². The highest BCUT2D eigenvalue weighted by Gasteiger charge is 2.34. The third-order valence-electron chi connectivity index (χ3n) is 5.16. The number of anilines is 1. The van der Waals surface area contributed by atoms with Gasteiger partial charge in [0.2, 0.25) is 0 Å². The molecule has 2 aromatic rings. The summed E-state index contributed by atoms with van der Waals surface area (Å²) in [5, 5.41) is 2.59. The van der Waals surface area contributed by atoms with Crippen molar-refractivity contribution in [1.29, 1.82) is 0 Å². The molecule has 0 spiro atoms. The SMILES string of the molecule is COc1ccc(OC)c([C@@H]2CCC[NH+]2CC(=O)Nc2cccc(C(F)(F)F)c2)c1. The van der Waals surface area contributed by atoms with Gasteiger partial charge in [-0.25, -0.2) is 0 Å². The van der Waals surface area contributed by atoms with Crippen LogP contribution in [-0.2, 0) is 11.0 Å². The number of hydrogen-bond acceptors (Lipinski definition) is 3. The molecule has 1 heterocycles. The van der Waals surface area contributed by atoms with Crippen LogP contribution in [0.3, 0.4) is 0 Å². The third kappa shape index (κ3) is 5.00. The van der Waals surface area contributed by atoms with E-state index in [2.05, 4.69) is 5.32 Å². The van der Waals surface area contributed by atoms with Crippen molar-refractivity contribution in [2.75, 3.05) is 32.6 Å². The number of benzene rings is 2. The van der Waals surface area contributed by atoms with Crippen molar-refractivity contribution in [3.63, 3.8) is 0 Å². The van der Waals surface area contributed by atoms with E-state index in [9.17, 15) is 18.0 Å². The Bertz CT molecular complexity index is 870. The Kier molecular flexibility index (Phi) is 6.32. The van der Waals surface area contributed by atoms with Gasteiger partial charge in [-0.05, 0) is 36.4 Å². The highest BCUT2D eigenvalue weighted by Crippen LogP contribution is 2.32. The molecule has 0 radical (unpaired) electrons. The van der Waals surface area contributed by atoms with E-state index in [4.69, 9.17) is 9.47 Å². The molecule has 2 atom stereocenters. The van der Waals surface area contributed by atoms with Gasteiger partial charge in [0.1, 0.15) is 17.5 Å². The van der Waals surface area contributed by atoms with Gasteiger partial charge in [-0.1, -0.05) is 6.07 Å². The predicted molar refractivity (Wildman–Crippen MR) is 102 cm³/mol. The summed E-state index contributed by atoms with van der Waals surface area (Å²) >= 11 is 0. The molecule has 1 unspecified atom stereocenters. The Balaban J connectivity index is 1.72. The van der Waals surface area contributed by atoms with Crippen molar-refractivity contribution in [2.45, 2.75) is 25.1 Å². The van der Waals surface area contributed by atoms with Crippen LogP contribution in [0.2, 0.25) is 0 Å². The molecule has 3 rings (SSSR count). The lowest BCUT2D eigenvalue weighted by molar-refractivity contribution is -0.910. The van der Waals surface area contributed by atoms with Gasteiger partial charge < -0.3 is 19.7 Å². The topological polar surface area (TPSA) is 52.0 Å². The van der Waals surface area contributed by atoms with Gasteiger partial charge >= 0.3 is 6.18 Å². The summed E-state index contributed by atoms with van der Waals surface area (Å²) in [6.07, 6.45) is -2.62. The van der Waals surface area contributed by atoms with Gasteiger partial charge in [0.25, 0.3) is 5.91 Å². The molecule has 29 heavy (non-hydrogen) atoms. The van der Waals surface area contributed by atoms with Crippen molar-refractivity contribution < 1.29 is 32.3 Å². The normalized spacial score (nSPS) is 19.1. The van der Waals surface area contributed by atoms with E-state index in [-0.39, 0.29) is 24.2 Å². The van der Waals surface area contributed by atoms with E-state index in [0.29, 0.717) is 5.75 Å². The van der Waals surface area contributed by atoms with E-state index in [1.54, 1.807) is 14.2 Å². The minimum atomic E-state index is -4.45. The Hall–Kier alpha value is -2.74. The molecule has 1 aliphatic rings. The zero-order valence-corrected chi connectivity index (χ0v) is 16.3. The summed E-state index contributed by atoms with van der Waals surface area (Å²) in [5.74, 6) is 1.11. The Morgan fingerprint density at radius 2 is 1.97 bits per heavy atom. The molecule has 1 aliphatic heterocycles. The van der Waals surface area contributed by atoms with Crippen molar-refractivity contribution in [3.8, 4) is 11.5 Å². The third-order valence-corrected chi connectivity index (χ3v) is 5.16. The van der Waals surface area contributed by atoms with Crippen molar-refractivity contribution in [3.05, 3.63) is 53.6 Å². The maximum atomic E-state index is 12.9. The largest absolute Gasteiger partial charge is 0.497 e. The Labute approximate surface area is 167 Å². The second-order valence-corrected chi connectivity index (χ2v) is 7.01. The fourth-order valence-electron chi connectivity index (χ4n) is 3.80. The molecule has 0 bridgehead atoms.